The number of hydrogen-bond donors (Lipinski definition) is 2. The van der Waals surface area contributed by atoms with Crippen LogP contribution in [0.1, 0.15) is 36.8 Å². The summed E-state index contributed by atoms with van der Waals surface area (Å²) in [6.45, 7) is 1.54. The Bertz CT molecular complexity index is 965. The molecule has 1 saturated carbocycles. The quantitative estimate of drug-likeness (QED) is 0.830. The third-order valence-corrected chi connectivity index (χ3v) is 5.96. The molecule has 1 aromatic heterocycles. The summed E-state index contributed by atoms with van der Waals surface area (Å²) < 4.78 is 0. The molecule has 1 aliphatic carbocycles. The van der Waals surface area contributed by atoms with Crippen molar-refractivity contribution in [2.75, 3.05) is 23.3 Å². The van der Waals surface area contributed by atoms with E-state index < -0.39 is 0 Å². The zero-order valence-corrected chi connectivity index (χ0v) is 16.2. The summed E-state index contributed by atoms with van der Waals surface area (Å²) in [6.07, 6.45) is 7.32. The molecule has 0 spiro atoms. The molecular weight excluding hydrogens is 374 g/mol. The molecular formula is C21H22ClN5O. The fraction of sp³-hybridized carbons (Fsp3) is 0.381. The van der Waals surface area contributed by atoms with Crippen LogP contribution in [0.5, 0.6) is 0 Å². The van der Waals surface area contributed by atoms with Crippen LogP contribution < -0.4 is 10.2 Å². The zero-order chi connectivity index (χ0) is 19.1. The number of fused-ring (bicyclic) bond motifs is 3. The van der Waals surface area contributed by atoms with Gasteiger partial charge in [-0.1, -0.05) is 29.8 Å². The highest BCUT2D eigenvalue weighted by Gasteiger charge is 2.31. The first-order valence-corrected chi connectivity index (χ1v) is 10.2. The number of aliphatic hydroxyl groups excluding tert-OH is 1. The Hall–Kier alpha value is -2.44. The SMILES string of the molecule is O[C@H]1CC[C@H](Nc2ncc3c(n2)N2CCN=C2C(c2ccccc2Cl)=C3)CC1. The lowest BCUT2D eigenvalue weighted by atomic mass is 9.93. The van der Waals surface area contributed by atoms with Crippen LogP contribution in [0, 0.1) is 0 Å². The smallest absolute Gasteiger partial charge is 0.224 e. The first kappa shape index (κ1) is 17.6. The van der Waals surface area contributed by atoms with E-state index in [9.17, 15) is 5.11 Å². The number of halogens is 1. The molecule has 2 N–H and O–H groups in total. The van der Waals surface area contributed by atoms with Crippen molar-refractivity contribution in [2.45, 2.75) is 37.8 Å². The van der Waals surface area contributed by atoms with E-state index in [1.54, 1.807) is 0 Å². The van der Waals surface area contributed by atoms with Gasteiger partial charge in [0.15, 0.2) is 0 Å². The minimum Gasteiger partial charge on any atom is -0.393 e. The molecule has 1 aromatic carbocycles. The number of rotatable bonds is 3. The maximum absolute atomic E-state index is 9.70. The molecule has 144 valence electrons. The van der Waals surface area contributed by atoms with Gasteiger partial charge in [0.25, 0.3) is 0 Å². The van der Waals surface area contributed by atoms with E-state index in [1.165, 1.54) is 0 Å². The van der Waals surface area contributed by atoms with Gasteiger partial charge in [-0.2, -0.15) is 4.98 Å². The fourth-order valence-corrected chi connectivity index (χ4v) is 4.39. The molecule has 0 saturated heterocycles. The van der Waals surface area contributed by atoms with E-state index in [1.807, 2.05) is 30.5 Å². The average molecular weight is 396 g/mol. The van der Waals surface area contributed by atoms with Crippen molar-refractivity contribution in [1.29, 1.82) is 0 Å². The highest BCUT2D eigenvalue weighted by molar-refractivity contribution is 6.40. The largest absolute Gasteiger partial charge is 0.393 e. The van der Waals surface area contributed by atoms with E-state index >= 15 is 0 Å². The fourth-order valence-electron chi connectivity index (χ4n) is 4.15. The molecule has 6 nitrogen and oxygen atoms in total. The van der Waals surface area contributed by atoms with Gasteiger partial charge in [0.1, 0.15) is 11.7 Å². The molecule has 3 heterocycles. The second-order valence-corrected chi connectivity index (χ2v) is 7.92. The lowest BCUT2D eigenvalue weighted by molar-refractivity contribution is 0.126. The van der Waals surface area contributed by atoms with Gasteiger partial charge < -0.3 is 15.3 Å². The Morgan fingerprint density at radius 2 is 1.96 bits per heavy atom. The van der Waals surface area contributed by atoms with Crippen molar-refractivity contribution in [3.63, 3.8) is 0 Å². The van der Waals surface area contributed by atoms with Crippen LogP contribution in [0.3, 0.4) is 0 Å². The zero-order valence-electron chi connectivity index (χ0n) is 15.5. The molecule has 0 bridgehead atoms. The predicted octanol–water partition coefficient (Wildman–Crippen LogP) is 3.62. The highest BCUT2D eigenvalue weighted by Crippen LogP contribution is 2.37. The third-order valence-electron chi connectivity index (χ3n) is 5.63. The second-order valence-electron chi connectivity index (χ2n) is 7.52. The molecule has 0 radical (unpaired) electrons. The van der Waals surface area contributed by atoms with Crippen LogP contribution in [0.15, 0.2) is 35.5 Å². The van der Waals surface area contributed by atoms with Gasteiger partial charge in [-0.05, 0) is 37.8 Å². The van der Waals surface area contributed by atoms with Crippen LogP contribution in [0.4, 0.5) is 11.8 Å². The number of amidine groups is 1. The lowest BCUT2D eigenvalue weighted by Crippen LogP contribution is -2.33. The molecule has 5 rings (SSSR count). The van der Waals surface area contributed by atoms with Gasteiger partial charge >= 0.3 is 0 Å². The topological polar surface area (TPSA) is 73.6 Å². The number of nitrogens with zero attached hydrogens (tertiary/aromatic N) is 4. The Morgan fingerprint density at radius 1 is 1.14 bits per heavy atom. The molecule has 7 heteroatoms. The normalized spacial score (nSPS) is 23.6. The van der Waals surface area contributed by atoms with Gasteiger partial charge in [0.2, 0.25) is 5.95 Å². The minimum absolute atomic E-state index is 0.167. The molecule has 3 aliphatic rings. The van der Waals surface area contributed by atoms with Crippen molar-refractivity contribution in [3.05, 3.63) is 46.6 Å². The van der Waals surface area contributed by atoms with Crippen LogP contribution in [0.2, 0.25) is 5.02 Å². The monoisotopic (exact) mass is 395 g/mol. The molecule has 2 aliphatic heterocycles. The van der Waals surface area contributed by atoms with Crippen LogP contribution in [-0.2, 0) is 0 Å². The van der Waals surface area contributed by atoms with Gasteiger partial charge in [-0.3, -0.25) is 4.99 Å². The van der Waals surface area contributed by atoms with Crippen molar-refractivity contribution in [2.24, 2.45) is 4.99 Å². The van der Waals surface area contributed by atoms with Crippen LogP contribution in [-0.4, -0.2) is 46.1 Å². The Morgan fingerprint density at radius 3 is 2.79 bits per heavy atom. The lowest BCUT2D eigenvalue weighted by Gasteiger charge is -2.29. The summed E-state index contributed by atoms with van der Waals surface area (Å²) in [7, 11) is 0. The maximum atomic E-state index is 9.70. The molecule has 2 aromatic rings. The first-order valence-electron chi connectivity index (χ1n) is 9.79. The van der Waals surface area contributed by atoms with Crippen LogP contribution >= 0.6 is 11.6 Å². The van der Waals surface area contributed by atoms with Gasteiger partial charge in [0, 0.05) is 40.5 Å². The Balaban J connectivity index is 1.48. The highest BCUT2D eigenvalue weighted by atomic mass is 35.5. The number of aliphatic hydroxyl groups is 1. The summed E-state index contributed by atoms with van der Waals surface area (Å²) >= 11 is 6.45. The number of nitrogens with one attached hydrogen (secondary N) is 1. The summed E-state index contributed by atoms with van der Waals surface area (Å²) in [6, 6.07) is 8.15. The Kier molecular flexibility index (Phi) is 4.53. The number of aromatic nitrogens is 2. The van der Waals surface area contributed by atoms with Gasteiger partial charge in [0.05, 0.1) is 12.6 Å². The van der Waals surface area contributed by atoms with Crippen molar-refractivity contribution >= 4 is 40.9 Å². The van der Waals surface area contributed by atoms with E-state index in [2.05, 4.69) is 21.3 Å². The predicted molar refractivity (Wildman–Crippen MR) is 113 cm³/mol. The third kappa shape index (κ3) is 3.16. The number of hydrogen-bond acceptors (Lipinski definition) is 6. The summed E-state index contributed by atoms with van der Waals surface area (Å²) in [5, 5.41) is 13.9. The van der Waals surface area contributed by atoms with E-state index in [-0.39, 0.29) is 6.10 Å². The molecule has 0 atom stereocenters. The first-order chi connectivity index (χ1) is 13.7. The standard InChI is InChI=1S/C21H22ClN5O/c22-18-4-2-1-3-16(18)17-11-13-12-24-21(25-14-5-7-15(28)8-6-14)26-19(13)27-10-9-23-20(17)27/h1-4,11-12,14-15,28H,5-10H2,(H,24,25,26)/t14-,15-. The molecule has 1 fully saturated rings. The molecule has 0 unspecified atom stereocenters. The van der Waals surface area contributed by atoms with E-state index in [0.717, 1.165) is 67.1 Å². The average Bonchev–Trinajstić information content (AvgIpc) is 3.20. The van der Waals surface area contributed by atoms with Crippen molar-refractivity contribution in [3.8, 4) is 0 Å². The Labute approximate surface area is 169 Å². The maximum Gasteiger partial charge on any atom is 0.224 e. The molecule has 0 amide bonds. The van der Waals surface area contributed by atoms with E-state index in [0.29, 0.717) is 17.0 Å². The second kappa shape index (κ2) is 7.18. The van der Waals surface area contributed by atoms with Crippen molar-refractivity contribution in [1.82, 2.24) is 9.97 Å². The van der Waals surface area contributed by atoms with Gasteiger partial charge in [-0.25, -0.2) is 4.98 Å². The molecule has 28 heavy (non-hydrogen) atoms. The van der Waals surface area contributed by atoms with Gasteiger partial charge in [-0.15, -0.1) is 0 Å². The number of aliphatic imine (C=N–C) groups is 1. The summed E-state index contributed by atoms with van der Waals surface area (Å²) in [4.78, 5) is 16.2. The van der Waals surface area contributed by atoms with Crippen LogP contribution in [0.25, 0.3) is 11.6 Å². The van der Waals surface area contributed by atoms with Crippen molar-refractivity contribution < 1.29 is 5.11 Å². The number of benzene rings is 1. The summed E-state index contributed by atoms with van der Waals surface area (Å²) in [5.41, 5.74) is 2.96. The van der Waals surface area contributed by atoms with E-state index in [4.69, 9.17) is 21.6 Å². The minimum atomic E-state index is -0.167. The summed E-state index contributed by atoms with van der Waals surface area (Å²) in [5.74, 6) is 2.45. The number of anilines is 2.